The summed E-state index contributed by atoms with van der Waals surface area (Å²) in [6.07, 6.45) is 3.98. The van der Waals surface area contributed by atoms with E-state index in [-0.39, 0.29) is 0 Å². The van der Waals surface area contributed by atoms with Crippen molar-refractivity contribution in [2.24, 2.45) is 7.05 Å². The summed E-state index contributed by atoms with van der Waals surface area (Å²) in [5, 5.41) is 9.66. The highest BCUT2D eigenvalue weighted by atomic mass is 35.5. The van der Waals surface area contributed by atoms with Gasteiger partial charge in [0.2, 0.25) is 5.82 Å². The van der Waals surface area contributed by atoms with Crippen molar-refractivity contribution in [3.8, 4) is 28.7 Å². The zero-order valence-corrected chi connectivity index (χ0v) is 14.8. The van der Waals surface area contributed by atoms with Crippen LogP contribution in [0.25, 0.3) is 22.9 Å². The average Bonchev–Trinajstić information content (AvgIpc) is 3.19. The van der Waals surface area contributed by atoms with Crippen LogP contribution in [-0.4, -0.2) is 31.7 Å². The molecule has 2 aromatic heterocycles. The highest BCUT2D eigenvalue weighted by Crippen LogP contribution is 2.32. The van der Waals surface area contributed by atoms with Gasteiger partial charge in [-0.15, -0.1) is 5.10 Å². The Morgan fingerprint density at radius 2 is 2.04 bits per heavy atom. The van der Waals surface area contributed by atoms with Crippen molar-refractivity contribution < 1.29 is 4.74 Å². The van der Waals surface area contributed by atoms with Crippen molar-refractivity contribution in [1.82, 2.24) is 24.5 Å². The maximum atomic E-state index is 6.07. The number of hydrogen-bond donors (Lipinski definition) is 0. The molecule has 0 aliphatic carbocycles. The summed E-state index contributed by atoms with van der Waals surface area (Å²) in [6, 6.07) is 7.44. The Balaban J connectivity index is 2.10. The summed E-state index contributed by atoms with van der Waals surface area (Å²) in [7, 11) is 3.50. The standard InChI is InChI=1S/C17H20ClN5O/c1-4-5-9-23-17(13-7-6-12(18)11-15(13)24-3)19-16(21-23)14-8-10-22(2)20-14/h6-8,10-11H,4-5,9H2,1-3H3. The molecule has 6 nitrogen and oxygen atoms in total. The van der Waals surface area contributed by atoms with E-state index in [0.717, 1.165) is 36.5 Å². The van der Waals surface area contributed by atoms with E-state index in [9.17, 15) is 0 Å². The van der Waals surface area contributed by atoms with E-state index in [2.05, 4.69) is 17.1 Å². The Morgan fingerprint density at radius 3 is 2.71 bits per heavy atom. The molecule has 0 bridgehead atoms. The van der Waals surface area contributed by atoms with E-state index in [0.29, 0.717) is 16.6 Å². The maximum absolute atomic E-state index is 6.07. The summed E-state index contributed by atoms with van der Waals surface area (Å²) >= 11 is 6.07. The lowest BCUT2D eigenvalue weighted by Crippen LogP contribution is -2.03. The molecule has 24 heavy (non-hydrogen) atoms. The number of unbranched alkanes of at least 4 members (excludes halogenated alkanes) is 1. The molecule has 0 atom stereocenters. The first-order chi connectivity index (χ1) is 11.6. The maximum Gasteiger partial charge on any atom is 0.202 e. The number of methoxy groups -OCH3 is 1. The monoisotopic (exact) mass is 345 g/mol. The molecule has 0 saturated carbocycles. The Hall–Kier alpha value is -2.34. The van der Waals surface area contributed by atoms with Crippen LogP contribution < -0.4 is 4.74 Å². The Morgan fingerprint density at radius 1 is 1.21 bits per heavy atom. The van der Waals surface area contributed by atoms with Gasteiger partial charge in [-0.2, -0.15) is 5.10 Å². The van der Waals surface area contributed by atoms with Crippen molar-refractivity contribution in [2.45, 2.75) is 26.3 Å². The second kappa shape index (κ2) is 7.05. The number of nitrogens with zero attached hydrogens (tertiary/aromatic N) is 5. The predicted molar refractivity (Wildman–Crippen MR) is 94.1 cm³/mol. The molecule has 3 rings (SSSR count). The lowest BCUT2D eigenvalue weighted by atomic mass is 10.2. The first-order valence-electron chi connectivity index (χ1n) is 7.91. The minimum atomic E-state index is 0.610. The fourth-order valence-corrected chi connectivity index (χ4v) is 2.66. The second-order valence-corrected chi connectivity index (χ2v) is 5.99. The number of benzene rings is 1. The van der Waals surface area contributed by atoms with Gasteiger partial charge in [-0.25, -0.2) is 9.67 Å². The topological polar surface area (TPSA) is 57.8 Å². The minimum absolute atomic E-state index is 0.610. The summed E-state index contributed by atoms with van der Waals surface area (Å²) < 4.78 is 9.13. The van der Waals surface area contributed by atoms with E-state index in [1.807, 2.05) is 36.1 Å². The van der Waals surface area contributed by atoms with E-state index < -0.39 is 0 Å². The molecule has 0 fully saturated rings. The van der Waals surface area contributed by atoms with Crippen molar-refractivity contribution in [3.05, 3.63) is 35.5 Å². The molecule has 0 saturated heterocycles. The van der Waals surface area contributed by atoms with Gasteiger partial charge in [-0.1, -0.05) is 24.9 Å². The van der Waals surface area contributed by atoms with Crippen molar-refractivity contribution in [2.75, 3.05) is 7.11 Å². The van der Waals surface area contributed by atoms with Crippen LogP contribution in [0.15, 0.2) is 30.5 Å². The van der Waals surface area contributed by atoms with Crippen LogP contribution in [0.4, 0.5) is 0 Å². The predicted octanol–water partition coefficient (Wildman–Crippen LogP) is 3.81. The molecule has 0 N–H and O–H groups in total. The van der Waals surface area contributed by atoms with Crippen LogP contribution in [0.1, 0.15) is 19.8 Å². The Bertz CT molecular complexity index is 839. The SMILES string of the molecule is CCCCn1nc(-c2ccn(C)n2)nc1-c1ccc(Cl)cc1OC. The summed E-state index contributed by atoms with van der Waals surface area (Å²) in [6.45, 7) is 2.94. The first-order valence-corrected chi connectivity index (χ1v) is 8.29. The summed E-state index contributed by atoms with van der Waals surface area (Å²) in [4.78, 5) is 4.71. The van der Waals surface area contributed by atoms with E-state index >= 15 is 0 Å². The van der Waals surface area contributed by atoms with Crippen LogP contribution in [0.3, 0.4) is 0 Å². The highest BCUT2D eigenvalue weighted by molar-refractivity contribution is 6.30. The number of aromatic nitrogens is 5. The third-order valence-electron chi connectivity index (χ3n) is 3.74. The van der Waals surface area contributed by atoms with Crippen molar-refractivity contribution in [3.63, 3.8) is 0 Å². The highest BCUT2D eigenvalue weighted by Gasteiger charge is 2.18. The second-order valence-electron chi connectivity index (χ2n) is 5.55. The van der Waals surface area contributed by atoms with Crippen LogP contribution in [0.5, 0.6) is 5.75 Å². The molecule has 7 heteroatoms. The third-order valence-corrected chi connectivity index (χ3v) is 3.98. The van der Waals surface area contributed by atoms with Gasteiger partial charge < -0.3 is 4.74 Å². The Labute approximate surface area is 146 Å². The van der Waals surface area contributed by atoms with Crippen LogP contribution >= 0.6 is 11.6 Å². The quantitative estimate of drug-likeness (QED) is 0.681. The summed E-state index contributed by atoms with van der Waals surface area (Å²) in [5.41, 5.74) is 1.62. The number of aryl methyl sites for hydroxylation is 2. The van der Waals surface area contributed by atoms with Crippen molar-refractivity contribution in [1.29, 1.82) is 0 Å². The van der Waals surface area contributed by atoms with Gasteiger partial charge in [0.1, 0.15) is 11.4 Å². The van der Waals surface area contributed by atoms with Gasteiger partial charge in [0.05, 0.1) is 12.7 Å². The molecule has 0 aliphatic heterocycles. The zero-order valence-electron chi connectivity index (χ0n) is 14.0. The van der Waals surface area contributed by atoms with Crippen molar-refractivity contribution >= 4 is 11.6 Å². The van der Waals surface area contributed by atoms with Crippen LogP contribution in [-0.2, 0) is 13.6 Å². The number of halogens is 1. The molecule has 0 amide bonds. The fraction of sp³-hybridized carbons (Fsp3) is 0.353. The molecular weight excluding hydrogens is 326 g/mol. The smallest absolute Gasteiger partial charge is 0.202 e. The fourth-order valence-electron chi connectivity index (χ4n) is 2.50. The molecular formula is C17H20ClN5O. The summed E-state index contributed by atoms with van der Waals surface area (Å²) in [5.74, 6) is 2.05. The van der Waals surface area contributed by atoms with Crippen LogP contribution in [0, 0.1) is 0 Å². The largest absolute Gasteiger partial charge is 0.496 e. The van der Waals surface area contributed by atoms with Gasteiger partial charge in [-0.3, -0.25) is 4.68 Å². The van der Waals surface area contributed by atoms with Gasteiger partial charge in [0.15, 0.2) is 5.82 Å². The molecule has 0 unspecified atom stereocenters. The third kappa shape index (κ3) is 3.28. The normalized spacial score (nSPS) is 11.0. The molecule has 0 spiro atoms. The van der Waals surface area contributed by atoms with Gasteiger partial charge in [0, 0.05) is 24.8 Å². The average molecular weight is 346 g/mol. The van der Waals surface area contributed by atoms with Crippen LogP contribution in [0.2, 0.25) is 5.02 Å². The molecule has 126 valence electrons. The molecule has 1 aromatic carbocycles. The van der Waals surface area contributed by atoms with Gasteiger partial charge >= 0.3 is 0 Å². The number of ether oxygens (including phenoxy) is 1. The molecule has 0 radical (unpaired) electrons. The van der Waals surface area contributed by atoms with E-state index in [1.54, 1.807) is 17.9 Å². The van der Waals surface area contributed by atoms with E-state index in [4.69, 9.17) is 21.3 Å². The first kappa shape index (κ1) is 16.5. The number of hydrogen-bond acceptors (Lipinski definition) is 4. The Kier molecular flexibility index (Phi) is 4.85. The van der Waals surface area contributed by atoms with Gasteiger partial charge in [0.25, 0.3) is 0 Å². The minimum Gasteiger partial charge on any atom is -0.496 e. The molecule has 2 heterocycles. The lowest BCUT2D eigenvalue weighted by molar-refractivity contribution is 0.415. The van der Waals surface area contributed by atoms with Gasteiger partial charge in [-0.05, 0) is 30.7 Å². The lowest BCUT2D eigenvalue weighted by Gasteiger charge is -2.09. The zero-order chi connectivity index (χ0) is 17.1. The molecule has 0 aliphatic rings. The van der Waals surface area contributed by atoms with E-state index in [1.165, 1.54) is 0 Å². The molecule has 3 aromatic rings. The number of rotatable bonds is 6.